The molecule has 8 nitrogen and oxygen atoms in total. The van der Waals surface area contributed by atoms with Gasteiger partial charge in [-0.2, -0.15) is 5.10 Å². The van der Waals surface area contributed by atoms with Crippen LogP contribution in [0.2, 0.25) is 0 Å². The van der Waals surface area contributed by atoms with Crippen LogP contribution in [-0.4, -0.2) is 32.4 Å². The second kappa shape index (κ2) is 6.89. The second-order valence-corrected chi connectivity index (χ2v) is 8.84. The molecule has 1 aromatic heterocycles. The van der Waals surface area contributed by atoms with Crippen LogP contribution in [0.3, 0.4) is 0 Å². The molecular weight excluding hydrogens is 372 g/mol. The standard InChI is InChI=1S/C18H23ClN4O4/c19-15(24)2-1-3-20-17(25)16-14(23(26)27)10-22(21-16)18-7-11-4-12(8-18)6-13(5-11)9-18/h10-13H,1-9H2,(H,20,25). The van der Waals surface area contributed by atoms with Gasteiger partial charge in [-0.1, -0.05) is 0 Å². The molecular formula is C18H23ClN4O4. The van der Waals surface area contributed by atoms with Gasteiger partial charge in [-0.05, 0) is 74.3 Å². The SMILES string of the molecule is O=C(Cl)CCCNC(=O)c1nn(C23CC4CC(CC(C4)C2)C3)cc1[N+](=O)[O-]. The summed E-state index contributed by atoms with van der Waals surface area (Å²) in [6.07, 6.45) is 8.75. The molecule has 1 amide bonds. The molecule has 0 atom stereocenters. The number of amides is 1. The summed E-state index contributed by atoms with van der Waals surface area (Å²) in [5.41, 5.74) is -0.576. The van der Waals surface area contributed by atoms with Gasteiger partial charge >= 0.3 is 5.69 Å². The number of nitrogens with zero attached hydrogens (tertiary/aromatic N) is 3. The first-order chi connectivity index (χ1) is 12.9. The van der Waals surface area contributed by atoms with E-state index < -0.39 is 16.1 Å². The molecule has 0 spiro atoms. The number of nitrogens with one attached hydrogen (secondary N) is 1. The predicted molar refractivity (Wildman–Crippen MR) is 97.5 cm³/mol. The van der Waals surface area contributed by atoms with E-state index in [0.29, 0.717) is 24.2 Å². The zero-order chi connectivity index (χ0) is 19.2. The van der Waals surface area contributed by atoms with Gasteiger partial charge in [-0.25, -0.2) is 0 Å². The fourth-order valence-corrected chi connectivity index (χ4v) is 5.90. The molecule has 1 N–H and O–H groups in total. The van der Waals surface area contributed by atoms with Crippen molar-refractivity contribution in [2.24, 2.45) is 17.8 Å². The van der Waals surface area contributed by atoms with E-state index in [2.05, 4.69) is 10.4 Å². The minimum absolute atomic E-state index is 0.144. The number of hydrogen-bond acceptors (Lipinski definition) is 5. The van der Waals surface area contributed by atoms with Crippen LogP contribution in [0.25, 0.3) is 0 Å². The Morgan fingerprint density at radius 1 is 1.26 bits per heavy atom. The van der Waals surface area contributed by atoms with Crippen molar-refractivity contribution in [3.63, 3.8) is 0 Å². The van der Waals surface area contributed by atoms with Crippen molar-refractivity contribution in [1.29, 1.82) is 0 Å². The fourth-order valence-electron chi connectivity index (χ4n) is 5.76. The van der Waals surface area contributed by atoms with Crippen molar-refractivity contribution in [3.8, 4) is 0 Å². The van der Waals surface area contributed by atoms with Gasteiger partial charge in [0.1, 0.15) is 6.20 Å². The molecule has 4 aliphatic carbocycles. The third-order valence-corrected chi connectivity index (χ3v) is 6.62. The van der Waals surface area contributed by atoms with E-state index in [1.165, 1.54) is 25.5 Å². The number of carbonyl (C=O) groups excluding carboxylic acids is 2. The molecule has 27 heavy (non-hydrogen) atoms. The van der Waals surface area contributed by atoms with Crippen molar-refractivity contribution in [2.75, 3.05) is 6.54 Å². The monoisotopic (exact) mass is 394 g/mol. The minimum Gasteiger partial charge on any atom is -0.350 e. The minimum atomic E-state index is -0.577. The average Bonchev–Trinajstić information content (AvgIpc) is 3.04. The summed E-state index contributed by atoms with van der Waals surface area (Å²) in [7, 11) is 0. The first-order valence-electron chi connectivity index (χ1n) is 9.57. The van der Waals surface area contributed by atoms with Crippen LogP contribution < -0.4 is 5.32 Å². The summed E-state index contributed by atoms with van der Waals surface area (Å²) < 4.78 is 1.73. The molecule has 4 saturated carbocycles. The van der Waals surface area contributed by atoms with Crippen molar-refractivity contribution in [3.05, 3.63) is 22.0 Å². The smallest absolute Gasteiger partial charge is 0.320 e. The molecule has 4 bridgehead atoms. The summed E-state index contributed by atoms with van der Waals surface area (Å²) >= 11 is 5.27. The Kier molecular flexibility index (Phi) is 4.70. The van der Waals surface area contributed by atoms with Gasteiger partial charge in [0.15, 0.2) is 0 Å². The van der Waals surface area contributed by atoms with Gasteiger partial charge in [0.05, 0.1) is 10.5 Å². The van der Waals surface area contributed by atoms with E-state index >= 15 is 0 Å². The normalized spacial score (nSPS) is 31.1. The Bertz CT molecular complexity index is 755. The fraction of sp³-hybridized carbons (Fsp3) is 0.722. The molecule has 4 fully saturated rings. The summed E-state index contributed by atoms with van der Waals surface area (Å²) in [6.45, 7) is 0.221. The molecule has 9 heteroatoms. The summed E-state index contributed by atoms with van der Waals surface area (Å²) in [6, 6.07) is 0. The lowest BCUT2D eigenvalue weighted by Gasteiger charge is -2.56. The zero-order valence-corrected chi connectivity index (χ0v) is 15.8. The predicted octanol–water partition coefficient (Wildman–Crippen LogP) is 2.99. The molecule has 1 heterocycles. The van der Waals surface area contributed by atoms with E-state index in [1.807, 2.05) is 0 Å². The molecule has 1 aromatic rings. The molecule has 4 aliphatic rings. The van der Waals surface area contributed by atoms with Crippen LogP contribution in [0.4, 0.5) is 5.69 Å². The second-order valence-electron chi connectivity index (χ2n) is 8.42. The Hall–Kier alpha value is -1.96. The topological polar surface area (TPSA) is 107 Å². The highest BCUT2D eigenvalue weighted by molar-refractivity contribution is 6.63. The lowest BCUT2D eigenvalue weighted by Crippen LogP contribution is -2.52. The molecule has 0 saturated heterocycles. The molecule has 146 valence electrons. The maximum atomic E-state index is 12.4. The number of rotatable bonds is 7. The van der Waals surface area contributed by atoms with Crippen molar-refractivity contribution in [2.45, 2.75) is 56.9 Å². The number of aromatic nitrogens is 2. The van der Waals surface area contributed by atoms with E-state index in [9.17, 15) is 19.7 Å². The highest BCUT2D eigenvalue weighted by Crippen LogP contribution is 2.58. The van der Waals surface area contributed by atoms with Gasteiger partial charge in [-0.15, -0.1) is 0 Å². The molecule has 0 radical (unpaired) electrons. The van der Waals surface area contributed by atoms with Crippen LogP contribution >= 0.6 is 11.6 Å². The van der Waals surface area contributed by atoms with E-state index in [4.69, 9.17) is 11.6 Å². The van der Waals surface area contributed by atoms with E-state index in [-0.39, 0.29) is 29.9 Å². The number of hydrogen-bond donors (Lipinski definition) is 1. The van der Waals surface area contributed by atoms with Gasteiger partial charge in [-0.3, -0.25) is 24.4 Å². The first-order valence-corrected chi connectivity index (χ1v) is 9.95. The average molecular weight is 395 g/mol. The number of carbonyl (C=O) groups is 2. The third-order valence-electron chi connectivity index (χ3n) is 6.43. The maximum absolute atomic E-state index is 12.4. The van der Waals surface area contributed by atoms with Crippen molar-refractivity contribution < 1.29 is 14.5 Å². The van der Waals surface area contributed by atoms with E-state index in [1.54, 1.807) is 4.68 Å². The third kappa shape index (κ3) is 3.47. The molecule has 0 aromatic carbocycles. The highest BCUT2D eigenvalue weighted by atomic mass is 35.5. The van der Waals surface area contributed by atoms with E-state index in [0.717, 1.165) is 19.3 Å². The van der Waals surface area contributed by atoms with Gasteiger partial charge in [0.25, 0.3) is 5.91 Å². The number of halogens is 1. The highest BCUT2D eigenvalue weighted by Gasteiger charge is 2.53. The van der Waals surface area contributed by atoms with Crippen LogP contribution in [0.1, 0.15) is 61.9 Å². The zero-order valence-electron chi connectivity index (χ0n) is 15.0. The van der Waals surface area contributed by atoms with Crippen LogP contribution in [0.5, 0.6) is 0 Å². The first kappa shape index (κ1) is 18.4. The lowest BCUT2D eigenvalue weighted by atomic mass is 9.53. The summed E-state index contributed by atoms with van der Waals surface area (Å²) in [4.78, 5) is 34.2. The molecule has 0 aliphatic heterocycles. The number of nitro groups is 1. The summed E-state index contributed by atoms with van der Waals surface area (Å²) in [5, 5.41) is 18.0. The Morgan fingerprint density at radius 2 is 1.85 bits per heavy atom. The molecule has 5 rings (SSSR count). The largest absolute Gasteiger partial charge is 0.350 e. The van der Waals surface area contributed by atoms with Crippen LogP contribution in [0, 0.1) is 27.9 Å². The van der Waals surface area contributed by atoms with Gasteiger partial charge < -0.3 is 5.32 Å². The van der Waals surface area contributed by atoms with Crippen molar-refractivity contribution in [1.82, 2.24) is 15.1 Å². The van der Waals surface area contributed by atoms with Crippen molar-refractivity contribution >= 4 is 28.4 Å². The van der Waals surface area contributed by atoms with Gasteiger partial charge in [0.2, 0.25) is 10.9 Å². The van der Waals surface area contributed by atoms with Crippen LogP contribution in [-0.2, 0) is 10.3 Å². The quantitative estimate of drug-likeness (QED) is 0.331. The lowest BCUT2D eigenvalue weighted by molar-refractivity contribution is -0.385. The van der Waals surface area contributed by atoms with Crippen LogP contribution in [0.15, 0.2) is 6.20 Å². The Labute approximate surface area is 161 Å². The molecule has 0 unspecified atom stereocenters. The maximum Gasteiger partial charge on any atom is 0.320 e. The Morgan fingerprint density at radius 3 is 2.37 bits per heavy atom. The summed E-state index contributed by atoms with van der Waals surface area (Å²) in [5.74, 6) is 1.44. The van der Waals surface area contributed by atoms with Gasteiger partial charge in [0, 0.05) is 13.0 Å². The Balaban J connectivity index is 1.55.